The van der Waals surface area contributed by atoms with Crippen molar-refractivity contribution in [1.29, 1.82) is 0 Å². The number of nitrogens with zero attached hydrogens (tertiary/aromatic N) is 3. The molecule has 20 heavy (non-hydrogen) atoms. The Morgan fingerprint density at radius 1 is 1.25 bits per heavy atom. The van der Waals surface area contributed by atoms with E-state index in [4.69, 9.17) is 14.6 Å². The number of aliphatic hydroxyl groups excluding tert-OH is 1. The molecule has 0 aromatic carbocycles. The molecule has 1 rings (SSSR count). The van der Waals surface area contributed by atoms with Gasteiger partial charge in [0.25, 0.3) is 0 Å². The maximum Gasteiger partial charge on any atom is 0.0964 e. The van der Waals surface area contributed by atoms with Gasteiger partial charge in [0, 0.05) is 39.6 Å². The summed E-state index contributed by atoms with van der Waals surface area (Å²) in [5, 5.41) is 20.1. The summed E-state index contributed by atoms with van der Waals surface area (Å²) in [5.41, 5.74) is 0.930. The van der Waals surface area contributed by atoms with Gasteiger partial charge in [-0.25, -0.2) is 0 Å². The van der Waals surface area contributed by atoms with E-state index in [1.165, 1.54) is 0 Å². The third-order valence-electron chi connectivity index (χ3n) is 2.76. The monoisotopic (exact) mass is 286 g/mol. The summed E-state index contributed by atoms with van der Waals surface area (Å²) in [6.07, 6.45) is 4.74. The predicted octanol–water partition coefficient (Wildman–Crippen LogP) is 0.193. The Balaban J connectivity index is 1.94. The fourth-order valence-electron chi connectivity index (χ4n) is 1.68. The minimum Gasteiger partial charge on any atom is -0.396 e. The van der Waals surface area contributed by atoms with Crippen molar-refractivity contribution in [2.45, 2.75) is 32.4 Å². The molecule has 0 aliphatic rings. The summed E-state index contributed by atoms with van der Waals surface area (Å²) < 4.78 is 12.0. The number of methoxy groups -OCH3 is 1. The lowest BCUT2D eigenvalue weighted by Crippen LogP contribution is -2.15. The first-order valence-electron chi connectivity index (χ1n) is 7.14. The van der Waals surface area contributed by atoms with Crippen LogP contribution in [0.2, 0.25) is 0 Å². The van der Waals surface area contributed by atoms with Crippen molar-refractivity contribution in [3.63, 3.8) is 0 Å². The van der Waals surface area contributed by atoms with Crippen molar-refractivity contribution >= 4 is 0 Å². The molecule has 0 atom stereocenters. The summed E-state index contributed by atoms with van der Waals surface area (Å²) in [5.74, 6) is 0. The van der Waals surface area contributed by atoms with Gasteiger partial charge in [-0.1, -0.05) is 5.21 Å². The van der Waals surface area contributed by atoms with E-state index < -0.39 is 0 Å². The van der Waals surface area contributed by atoms with Crippen LogP contribution in [-0.4, -0.2) is 60.2 Å². The molecule has 1 heterocycles. The molecule has 7 nitrogen and oxygen atoms in total. The van der Waals surface area contributed by atoms with Crippen LogP contribution < -0.4 is 5.32 Å². The molecular weight excluding hydrogens is 260 g/mol. The number of hydrogen-bond acceptors (Lipinski definition) is 6. The third kappa shape index (κ3) is 8.21. The van der Waals surface area contributed by atoms with Crippen molar-refractivity contribution < 1.29 is 14.6 Å². The van der Waals surface area contributed by atoms with Crippen LogP contribution in [0.4, 0.5) is 0 Å². The van der Waals surface area contributed by atoms with E-state index in [1.54, 1.807) is 11.8 Å². The number of nitrogens with one attached hydrogen (secondary N) is 1. The number of unbranched alkanes of at least 4 members (excludes halogenated alkanes) is 1. The number of aromatic nitrogens is 3. The van der Waals surface area contributed by atoms with Gasteiger partial charge in [-0.3, -0.25) is 4.68 Å². The van der Waals surface area contributed by atoms with E-state index >= 15 is 0 Å². The lowest BCUT2D eigenvalue weighted by Gasteiger charge is -2.04. The third-order valence-corrected chi connectivity index (χ3v) is 2.76. The first-order valence-corrected chi connectivity index (χ1v) is 7.14. The maximum absolute atomic E-state index is 8.74. The molecule has 0 amide bonds. The molecular formula is C13H26N4O3. The zero-order valence-electron chi connectivity index (χ0n) is 12.3. The molecule has 1 aromatic heterocycles. The van der Waals surface area contributed by atoms with Crippen molar-refractivity contribution in [3.05, 3.63) is 11.9 Å². The van der Waals surface area contributed by atoms with Gasteiger partial charge in [-0.2, -0.15) is 0 Å². The van der Waals surface area contributed by atoms with Gasteiger partial charge in [-0.05, 0) is 25.8 Å². The molecule has 0 saturated carbocycles. The molecule has 0 radical (unpaired) electrons. The number of hydrogen-bond donors (Lipinski definition) is 2. The standard InChI is InChI=1S/C13H26N4O3/c1-19-9-10-20-8-3-2-5-14-11-13-12-17(16-15-13)6-4-7-18/h12,14,18H,2-11H2,1H3. The minimum absolute atomic E-state index is 0.180. The van der Waals surface area contributed by atoms with Gasteiger partial charge in [0.05, 0.1) is 18.9 Å². The minimum atomic E-state index is 0.180. The largest absolute Gasteiger partial charge is 0.396 e. The van der Waals surface area contributed by atoms with E-state index in [1.807, 2.05) is 6.20 Å². The summed E-state index contributed by atoms with van der Waals surface area (Å²) in [6, 6.07) is 0. The molecule has 0 bridgehead atoms. The molecule has 0 fully saturated rings. The summed E-state index contributed by atoms with van der Waals surface area (Å²) in [4.78, 5) is 0. The zero-order chi connectivity index (χ0) is 14.5. The molecule has 7 heteroatoms. The highest BCUT2D eigenvalue weighted by Crippen LogP contribution is 1.95. The molecule has 1 aromatic rings. The quantitative estimate of drug-likeness (QED) is 0.504. The van der Waals surface area contributed by atoms with Crippen molar-refractivity contribution in [3.8, 4) is 0 Å². The van der Waals surface area contributed by atoms with Crippen LogP contribution in [0.25, 0.3) is 0 Å². The van der Waals surface area contributed by atoms with E-state index in [0.29, 0.717) is 26.2 Å². The second kappa shape index (κ2) is 11.8. The number of ether oxygens (including phenoxy) is 2. The van der Waals surface area contributed by atoms with Gasteiger partial charge in [0.1, 0.15) is 0 Å². The Bertz CT molecular complexity index is 333. The van der Waals surface area contributed by atoms with Crippen LogP contribution in [-0.2, 0) is 22.6 Å². The molecule has 0 aliphatic heterocycles. The lowest BCUT2D eigenvalue weighted by molar-refractivity contribution is 0.0688. The lowest BCUT2D eigenvalue weighted by atomic mass is 10.3. The van der Waals surface area contributed by atoms with Crippen molar-refractivity contribution in [2.75, 3.05) is 40.1 Å². The topological polar surface area (TPSA) is 81.4 Å². The fraction of sp³-hybridized carbons (Fsp3) is 0.846. The smallest absolute Gasteiger partial charge is 0.0964 e. The van der Waals surface area contributed by atoms with Crippen LogP contribution in [0, 0.1) is 0 Å². The van der Waals surface area contributed by atoms with E-state index in [2.05, 4.69) is 15.6 Å². The highest BCUT2D eigenvalue weighted by atomic mass is 16.5. The Morgan fingerprint density at radius 2 is 2.15 bits per heavy atom. The normalized spacial score (nSPS) is 11.1. The molecule has 0 saturated heterocycles. The van der Waals surface area contributed by atoms with Gasteiger partial charge >= 0.3 is 0 Å². The second-order valence-electron chi connectivity index (χ2n) is 4.54. The van der Waals surface area contributed by atoms with Gasteiger partial charge in [-0.15, -0.1) is 5.10 Å². The summed E-state index contributed by atoms with van der Waals surface area (Å²) in [7, 11) is 1.67. The zero-order valence-corrected chi connectivity index (χ0v) is 12.3. The van der Waals surface area contributed by atoms with Crippen molar-refractivity contribution in [2.24, 2.45) is 0 Å². The number of rotatable bonds is 13. The Morgan fingerprint density at radius 3 is 2.95 bits per heavy atom. The van der Waals surface area contributed by atoms with Gasteiger partial charge in [0.2, 0.25) is 0 Å². The maximum atomic E-state index is 8.74. The Labute approximate surface area is 120 Å². The average molecular weight is 286 g/mol. The Hall–Kier alpha value is -1.02. The first kappa shape index (κ1) is 17.0. The van der Waals surface area contributed by atoms with E-state index in [0.717, 1.165) is 38.2 Å². The van der Waals surface area contributed by atoms with Crippen LogP contribution in [0.15, 0.2) is 6.20 Å². The average Bonchev–Trinajstić information content (AvgIpc) is 2.91. The Kier molecular flexibility index (Phi) is 10.0. The molecule has 0 aliphatic carbocycles. The van der Waals surface area contributed by atoms with Gasteiger partial charge in [0.15, 0.2) is 0 Å². The van der Waals surface area contributed by atoms with E-state index in [9.17, 15) is 0 Å². The number of aliphatic hydroxyl groups is 1. The van der Waals surface area contributed by atoms with Crippen LogP contribution >= 0.6 is 0 Å². The fourth-order valence-corrected chi connectivity index (χ4v) is 1.68. The highest BCUT2D eigenvalue weighted by Gasteiger charge is 1.99. The van der Waals surface area contributed by atoms with Crippen LogP contribution in [0.3, 0.4) is 0 Å². The van der Waals surface area contributed by atoms with Crippen LogP contribution in [0.1, 0.15) is 25.0 Å². The van der Waals surface area contributed by atoms with Gasteiger partial charge < -0.3 is 19.9 Å². The SMILES string of the molecule is COCCOCCCCNCc1cn(CCCO)nn1. The summed E-state index contributed by atoms with van der Waals surface area (Å²) in [6.45, 7) is 4.66. The van der Waals surface area contributed by atoms with Crippen LogP contribution in [0.5, 0.6) is 0 Å². The first-order chi connectivity index (χ1) is 9.86. The second-order valence-corrected chi connectivity index (χ2v) is 4.54. The summed E-state index contributed by atoms with van der Waals surface area (Å²) >= 11 is 0. The van der Waals surface area contributed by atoms with Crippen molar-refractivity contribution in [1.82, 2.24) is 20.3 Å². The molecule has 0 spiro atoms. The molecule has 2 N–H and O–H groups in total. The highest BCUT2D eigenvalue weighted by molar-refractivity contribution is 4.91. The molecule has 0 unspecified atom stereocenters. The molecule has 116 valence electrons. The number of aryl methyl sites for hydroxylation is 1. The predicted molar refractivity (Wildman–Crippen MR) is 75.4 cm³/mol. The van der Waals surface area contributed by atoms with E-state index in [-0.39, 0.29) is 6.61 Å².